The van der Waals surface area contributed by atoms with Crippen molar-refractivity contribution < 1.29 is 29.3 Å². The van der Waals surface area contributed by atoms with Gasteiger partial charge in [0.2, 0.25) is 0 Å². The molecule has 1 aliphatic rings. The van der Waals surface area contributed by atoms with Crippen LogP contribution in [0.15, 0.2) is 12.2 Å². The maximum Gasteiger partial charge on any atom is 0.309 e. The first-order chi connectivity index (χ1) is 36.6. The molecule has 1 fully saturated rings. The Morgan fingerprint density at radius 2 is 0.581 bits per heavy atom. The van der Waals surface area contributed by atoms with Gasteiger partial charge in [-0.15, -0.1) is 0 Å². The third-order valence-electron chi connectivity index (χ3n) is 16.8. The molecule has 0 amide bonds. The summed E-state index contributed by atoms with van der Waals surface area (Å²) >= 11 is 0. The average molecular weight is 1040 g/mol. The minimum Gasteiger partial charge on any atom is -0.465 e. The number of hydrogen-bond acceptors (Lipinski definition) is 6. The number of cyclic esters (lactones) is 2. The molecular weight excluding hydrogens is 913 g/mol. The third-order valence-corrected chi connectivity index (χ3v) is 16.8. The molecule has 438 valence electrons. The molecule has 0 saturated carbocycles. The minimum atomic E-state index is -1.12. The summed E-state index contributed by atoms with van der Waals surface area (Å²) in [6.07, 6.45) is 83.1. The second-order valence-electron chi connectivity index (χ2n) is 24.2. The van der Waals surface area contributed by atoms with Crippen LogP contribution in [0, 0.1) is 11.3 Å². The van der Waals surface area contributed by atoms with Crippen LogP contribution in [-0.4, -0.2) is 48.6 Å². The zero-order valence-electron chi connectivity index (χ0n) is 49.9. The van der Waals surface area contributed by atoms with Crippen molar-refractivity contribution in [1.29, 1.82) is 0 Å². The highest BCUT2D eigenvalue weighted by atomic mass is 16.6. The van der Waals surface area contributed by atoms with Crippen LogP contribution in [0.3, 0.4) is 0 Å². The molecule has 0 radical (unpaired) electrons. The van der Waals surface area contributed by atoms with E-state index in [9.17, 15) is 19.8 Å². The zero-order chi connectivity index (χ0) is 53.2. The molecule has 0 aromatic rings. The van der Waals surface area contributed by atoms with Gasteiger partial charge in [0.15, 0.2) is 0 Å². The summed E-state index contributed by atoms with van der Waals surface area (Å²) in [4.78, 5) is 24.8. The highest BCUT2D eigenvalue weighted by Gasteiger charge is 2.36. The predicted molar refractivity (Wildman–Crippen MR) is 320 cm³/mol. The molecule has 1 unspecified atom stereocenters. The van der Waals surface area contributed by atoms with Crippen molar-refractivity contribution in [3.63, 3.8) is 0 Å². The first-order valence-electron chi connectivity index (χ1n) is 33.8. The summed E-state index contributed by atoms with van der Waals surface area (Å²) in [5.74, 6) is -1.40. The second-order valence-corrected chi connectivity index (χ2v) is 24.2. The Hall–Kier alpha value is -1.40. The van der Waals surface area contributed by atoms with Crippen molar-refractivity contribution in [3.8, 4) is 0 Å². The summed E-state index contributed by atoms with van der Waals surface area (Å²) in [6.45, 7) is 1.21. The Kier molecular flexibility index (Phi) is 55.1. The third kappa shape index (κ3) is 48.9. The van der Waals surface area contributed by atoms with Crippen molar-refractivity contribution in [3.05, 3.63) is 12.2 Å². The molecule has 1 saturated heterocycles. The number of carbonyl (C=O) groups excluding carboxylic acids is 2. The molecule has 1 atom stereocenters. The molecule has 1 aliphatic heterocycles. The van der Waals surface area contributed by atoms with Gasteiger partial charge in [-0.25, -0.2) is 0 Å². The maximum atomic E-state index is 12.6. The van der Waals surface area contributed by atoms with Gasteiger partial charge in [-0.05, 0) is 32.1 Å². The van der Waals surface area contributed by atoms with Gasteiger partial charge >= 0.3 is 11.9 Å². The summed E-state index contributed by atoms with van der Waals surface area (Å²) in [6, 6.07) is 0. The standard InChI is InChI=1S/C68H130O6/c1-2-3-4-5-6-7-8-9-10-11-12-13-14-15-16-17-18-19-20-21-22-23-24-25-26-27-28-29-30-31-32-33-34-35-36-37-38-39-40-41-42-43-44-45-46-47-48-49-50-51-52-53-54-55-56-57-58-59-65-60-66(71)73-63-68(61-69,62-70)64-74-67(65)72/h32-33,65,69-70H,2-31,34-64H2,1H3/b33-32+. The molecule has 6 heteroatoms. The van der Waals surface area contributed by atoms with Gasteiger partial charge in [0.05, 0.1) is 31.0 Å². The molecule has 2 N–H and O–H groups in total. The van der Waals surface area contributed by atoms with Crippen LogP contribution in [-0.2, 0) is 19.1 Å². The van der Waals surface area contributed by atoms with Crippen molar-refractivity contribution >= 4 is 11.9 Å². The molecule has 74 heavy (non-hydrogen) atoms. The minimum absolute atomic E-state index is 0.00444. The lowest BCUT2D eigenvalue weighted by Gasteiger charge is -2.27. The lowest BCUT2D eigenvalue weighted by Crippen LogP contribution is -2.40. The predicted octanol–water partition coefficient (Wildman–Crippen LogP) is 21.5. The fourth-order valence-electron chi connectivity index (χ4n) is 11.3. The van der Waals surface area contributed by atoms with Gasteiger partial charge < -0.3 is 19.7 Å². The van der Waals surface area contributed by atoms with Crippen molar-refractivity contribution in [2.45, 2.75) is 373 Å². The largest absolute Gasteiger partial charge is 0.465 e. The highest BCUT2D eigenvalue weighted by Crippen LogP contribution is 2.25. The molecule has 6 nitrogen and oxygen atoms in total. The van der Waals surface area contributed by atoms with Gasteiger partial charge in [0.25, 0.3) is 0 Å². The highest BCUT2D eigenvalue weighted by molar-refractivity contribution is 5.80. The molecule has 1 rings (SSSR count). The summed E-state index contributed by atoms with van der Waals surface area (Å²) in [7, 11) is 0. The normalized spacial score (nSPS) is 15.1. The first kappa shape index (κ1) is 70.6. The Morgan fingerprint density at radius 1 is 0.351 bits per heavy atom. The van der Waals surface area contributed by atoms with Crippen molar-refractivity contribution in [2.75, 3.05) is 26.4 Å². The van der Waals surface area contributed by atoms with E-state index in [1.54, 1.807) is 0 Å². The van der Waals surface area contributed by atoms with Crippen molar-refractivity contribution in [2.24, 2.45) is 11.3 Å². The number of aliphatic hydroxyl groups excluding tert-OH is 2. The van der Waals surface area contributed by atoms with Crippen LogP contribution in [0.1, 0.15) is 373 Å². The Balaban J connectivity index is 1.68. The van der Waals surface area contributed by atoms with E-state index >= 15 is 0 Å². The van der Waals surface area contributed by atoms with Gasteiger partial charge in [0.1, 0.15) is 13.2 Å². The summed E-state index contributed by atoms with van der Waals surface area (Å²) in [5.41, 5.74) is -1.12. The number of esters is 2. The average Bonchev–Trinajstić information content (AvgIpc) is 3.47. The number of unbranched alkanes of at least 4 members (excludes halogenated alkanes) is 53. The molecule has 0 spiro atoms. The summed E-state index contributed by atoms with van der Waals surface area (Å²) < 4.78 is 10.6. The fraction of sp³-hybridized carbons (Fsp3) is 0.941. The van der Waals surface area contributed by atoms with Gasteiger partial charge in [0, 0.05) is 0 Å². The van der Waals surface area contributed by atoms with E-state index in [2.05, 4.69) is 19.1 Å². The van der Waals surface area contributed by atoms with Crippen LogP contribution in [0.2, 0.25) is 0 Å². The van der Waals surface area contributed by atoms with Crippen LogP contribution in [0.25, 0.3) is 0 Å². The Morgan fingerprint density at radius 3 is 0.838 bits per heavy atom. The molecule has 0 aromatic heterocycles. The topological polar surface area (TPSA) is 93.1 Å². The number of carbonyl (C=O) groups is 2. The quantitative estimate of drug-likeness (QED) is 0.0358. The van der Waals surface area contributed by atoms with E-state index in [-0.39, 0.29) is 19.6 Å². The molecule has 0 aliphatic carbocycles. The van der Waals surface area contributed by atoms with E-state index in [0.717, 1.165) is 19.3 Å². The SMILES string of the molecule is CCCCCCCCCCCCCCCCCCCCCCCCCCCCCCC/C=C/CCCCCCCCCCCCCCCCCCCCCCCCCCC1CC(=O)OCC(CO)(CO)COC1=O. The van der Waals surface area contributed by atoms with E-state index in [0.29, 0.717) is 6.42 Å². The lowest BCUT2D eigenvalue weighted by atomic mass is 9.92. The van der Waals surface area contributed by atoms with Crippen LogP contribution < -0.4 is 0 Å². The van der Waals surface area contributed by atoms with E-state index in [1.165, 1.54) is 334 Å². The second kappa shape index (κ2) is 57.8. The molecule has 0 aromatic carbocycles. The molecular formula is C68H130O6. The van der Waals surface area contributed by atoms with Crippen LogP contribution in [0.5, 0.6) is 0 Å². The monoisotopic (exact) mass is 1040 g/mol. The number of ether oxygens (including phenoxy) is 2. The number of rotatable bonds is 59. The van der Waals surface area contributed by atoms with Crippen LogP contribution >= 0.6 is 0 Å². The fourth-order valence-corrected chi connectivity index (χ4v) is 11.3. The van der Waals surface area contributed by atoms with E-state index < -0.39 is 36.5 Å². The molecule has 0 bridgehead atoms. The zero-order valence-corrected chi connectivity index (χ0v) is 49.9. The lowest BCUT2D eigenvalue weighted by molar-refractivity contribution is -0.155. The van der Waals surface area contributed by atoms with E-state index in [1.807, 2.05) is 0 Å². The van der Waals surface area contributed by atoms with E-state index in [4.69, 9.17) is 9.47 Å². The maximum absolute atomic E-state index is 12.6. The molecule has 1 heterocycles. The number of allylic oxidation sites excluding steroid dienone is 2. The number of aliphatic hydroxyl groups is 2. The first-order valence-corrected chi connectivity index (χ1v) is 33.8. The van der Waals surface area contributed by atoms with Crippen molar-refractivity contribution in [1.82, 2.24) is 0 Å². The summed E-state index contributed by atoms with van der Waals surface area (Å²) in [5, 5.41) is 19.2. The number of hydrogen-bond donors (Lipinski definition) is 2. The Bertz CT molecular complexity index is 1160. The van der Waals surface area contributed by atoms with Gasteiger partial charge in [-0.2, -0.15) is 0 Å². The Labute approximate surface area is 462 Å². The smallest absolute Gasteiger partial charge is 0.309 e. The van der Waals surface area contributed by atoms with Gasteiger partial charge in [-0.1, -0.05) is 347 Å². The van der Waals surface area contributed by atoms with Crippen LogP contribution in [0.4, 0.5) is 0 Å². The van der Waals surface area contributed by atoms with Gasteiger partial charge in [-0.3, -0.25) is 9.59 Å².